The van der Waals surface area contributed by atoms with Gasteiger partial charge in [0.1, 0.15) is 18.3 Å². The van der Waals surface area contributed by atoms with E-state index in [4.69, 9.17) is 18.9 Å². The Morgan fingerprint density at radius 2 is 1.63 bits per heavy atom. The summed E-state index contributed by atoms with van der Waals surface area (Å²) in [6.07, 6.45) is -10.9. The van der Waals surface area contributed by atoms with Crippen LogP contribution in [-0.4, -0.2) is 52.4 Å². The van der Waals surface area contributed by atoms with E-state index in [1.165, 1.54) is 4.98 Å². The van der Waals surface area contributed by atoms with Crippen molar-refractivity contribution in [3.8, 4) is 0 Å². The van der Waals surface area contributed by atoms with E-state index >= 15 is 0 Å². The smallest absolute Gasteiger partial charge is 0.423 e. The van der Waals surface area contributed by atoms with E-state index in [0.717, 1.165) is 20.8 Å². The molecule has 1 saturated heterocycles. The van der Waals surface area contributed by atoms with Crippen molar-refractivity contribution in [2.45, 2.75) is 51.5 Å². The summed E-state index contributed by atoms with van der Waals surface area (Å²) in [5.41, 5.74) is -4.69. The number of carbonyl (C=O) groups excluding carboxylic acids is 3. The van der Waals surface area contributed by atoms with Gasteiger partial charge in [-0.05, 0) is 0 Å². The molecule has 0 aromatic carbocycles. The van der Waals surface area contributed by atoms with Crippen LogP contribution in [0.3, 0.4) is 0 Å². The Bertz CT molecular complexity index is 953. The molecule has 11 nitrogen and oxygen atoms in total. The molecular formula is C16H17F3N2O9. The molecule has 166 valence electrons. The van der Waals surface area contributed by atoms with Crippen LogP contribution in [0.5, 0.6) is 0 Å². The first kappa shape index (κ1) is 23.1. The number of hydrogen-bond donors (Lipinski definition) is 1. The van der Waals surface area contributed by atoms with Gasteiger partial charge in [-0.15, -0.1) is 0 Å². The molecule has 0 radical (unpaired) electrons. The highest BCUT2D eigenvalue weighted by Crippen LogP contribution is 2.34. The van der Waals surface area contributed by atoms with Gasteiger partial charge in [-0.3, -0.25) is 28.7 Å². The Hall–Kier alpha value is -3.16. The van der Waals surface area contributed by atoms with Crippen LogP contribution in [0.15, 0.2) is 15.8 Å². The van der Waals surface area contributed by atoms with Gasteiger partial charge in [0.2, 0.25) is 0 Å². The van der Waals surface area contributed by atoms with Crippen molar-refractivity contribution >= 4 is 17.9 Å². The number of ether oxygens (including phenoxy) is 4. The number of hydrogen-bond acceptors (Lipinski definition) is 9. The first-order valence-electron chi connectivity index (χ1n) is 8.37. The van der Waals surface area contributed by atoms with Crippen LogP contribution >= 0.6 is 0 Å². The van der Waals surface area contributed by atoms with Crippen LogP contribution in [0, 0.1) is 0 Å². The zero-order valence-electron chi connectivity index (χ0n) is 15.8. The summed E-state index contributed by atoms with van der Waals surface area (Å²) < 4.78 is 60.0. The molecular weight excluding hydrogens is 421 g/mol. The molecule has 1 aliphatic rings. The lowest BCUT2D eigenvalue weighted by Crippen LogP contribution is -2.43. The molecule has 1 aliphatic heterocycles. The highest BCUT2D eigenvalue weighted by atomic mass is 19.4. The average Bonchev–Trinajstić information content (AvgIpc) is 2.88. The molecule has 1 aromatic heterocycles. The van der Waals surface area contributed by atoms with Crippen LogP contribution in [0.1, 0.15) is 32.6 Å². The van der Waals surface area contributed by atoms with Crippen molar-refractivity contribution < 1.29 is 46.5 Å². The fraction of sp³-hybridized carbons (Fsp3) is 0.562. The SMILES string of the molecule is CC(=O)OC[C@H]1O[C@@H](n2cc(C(F)(F)F)c(=O)[nH]c2=O)[C@@H](OC(C)=O)C1OC(C)=O. The second kappa shape index (κ2) is 8.69. The van der Waals surface area contributed by atoms with Crippen LogP contribution in [0.25, 0.3) is 0 Å². The summed E-state index contributed by atoms with van der Waals surface area (Å²) >= 11 is 0. The third-order valence-electron chi connectivity index (χ3n) is 3.89. The molecule has 2 heterocycles. The molecule has 1 aromatic rings. The van der Waals surface area contributed by atoms with Gasteiger partial charge >= 0.3 is 29.8 Å². The van der Waals surface area contributed by atoms with Gasteiger partial charge in [0.25, 0.3) is 5.56 Å². The Kier molecular flexibility index (Phi) is 6.70. The van der Waals surface area contributed by atoms with Gasteiger partial charge in [0.05, 0.1) is 0 Å². The van der Waals surface area contributed by atoms with E-state index in [0.29, 0.717) is 4.57 Å². The molecule has 0 spiro atoms. The highest BCUT2D eigenvalue weighted by molar-refractivity contribution is 5.68. The zero-order chi connectivity index (χ0) is 22.8. The molecule has 1 fully saturated rings. The van der Waals surface area contributed by atoms with Crippen LogP contribution in [0.4, 0.5) is 13.2 Å². The number of rotatable bonds is 5. The predicted octanol–water partition coefficient (Wildman–Crippen LogP) is -0.121. The molecule has 0 aliphatic carbocycles. The highest BCUT2D eigenvalue weighted by Gasteiger charge is 2.51. The minimum Gasteiger partial charge on any atom is -0.463 e. The Morgan fingerprint density at radius 1 is 1.07 bits per heavy atom. The second-order valence-corrected chi connectivity index (χ2v) is 6.22. The number of aromatic nitrogens is 2. The third kappa shape index (κ3) is 5.25. The molecule has 0 bridgehead atoms. The van der Waals surface area contributed by atoms with Gasteiger partial charge in [0.15, 0.2) is 18.4 Å². The van der Waals surface area contributed by atoms with Crippen LogP contribution in [0.2, 0.25) is 0 Å². The molecule has 1 unspecified atom stereocenters. The number of aromatic amines is 1. The Labute approximate surface area is 165 Å². The second-order valence-electron chi connectivity index (χ2n) is 6.22. The number of carbonyl (C=O) groups is 3. The molecule has 14 heteroatoms. The molecule has 30 heavy (non-hydrogen) atoms. The summed E-state index contributed by atoms with van der Waals surface area (Å²) in [4.78, 5) is 59.3. The number of halogens is 3. The largest absolute Gasteiger partial charge is 0.463 e. The molecule has 2 rings (SSSR count). The standard InChI is InChI=1S/C16H17F3N2O9/c1-6(22)27-5-10-11(28-7(2)23)12(29-8(3)24)14(30-10)21-4-9(16(17,18)19)13(25)20-15(21)26/h4,10-12,14H,5H2,1-3H3,(H,20,25,26)/t10-,11?,12+,14-/m1/s1. The quantitative estimate of drug-likeness (QED) is 0.492. The maximum atomic E-state index is 13.1. The molecule has 0 saturated carbocycles. The number of esters is 3. The molecule has 0 amide bonds. The zero-order valence-corrected chi connectivity index (χ0v) is 15.8. The first-order valence-corrected chi connectivity index (χ1v) is 8.37. The van der Waals surface area contributed by atoms with Gasteiger partial charge in [0, 0.05) is 27.0 Å². The Morgan fingerprint density at radius 3 is 2.13 bits per heavy atom. The lowest BCUT2D eigenvalue weighted by atomic mass is 10.1. The normalized spacial score (nSPS) is 23.7. The summed E-state index contributed by atoms with van der Waals surface area (Å²) in [5, 5.41) is 0. The first-order chi connectivity index (χ1) is 13.8. The molecule has 4 atom stereocenters. The topological polar surface area (TPSA) is 143 Å². The summed E-state index contributed by atoms with van der Waals surface area (Å²) in [6, 6.07) is 0. The van der Waals surface area contributed by atoms with Crippen LogP contribution < -0.4 is 11.2 Å². The average molecular weight is 438 g/mol. The van der Waals surface area contributed by atoms with Crippen molar-refractivity contribution in [1.82, 2.24) is 9.55 Å². The van der Waals surface area contributed by atoms with E-state index in [-0.39, 0.29) is 6.20 Å². The van der Waals surface area contributed by atoms with Crippen molar-refractivity contribution in [2.75, 3.05) is 6.61 Å². The van der Waals surface area contributed by atoms with E-state index in [1.807, 2.05) is 0 Å². The predicted molar refractivity (Wildman–Crippen MR) is 88.0 cm³/mol. The van der Waals surface area contributed by atoms with Gasteiger partial charge in [-0.1, -0.05) is 0 Å². The van der Waals surface area contributed by atoms with E-state index in [2.05, 4.69) is 0 Å². The van der Waals surface area contributed by atoms with Crippen molar-refractivity contribution in [3.63, 3.8) is 0 Å². The lowest BCUT2D eigenvalue weighted by molar-refractivity contribution is -0.166. The third-order valence-corrected chi connectivity index (χ3v) is 3.89. The number of nitrogens with zero attached hydrogens (tertiary/aromatic N) is 1. The maximum Gasteiger partial charge on any atom is 0.423 e. The minimum atomic E-state index is -5.11. The summed E-state index contributed by atoms with van der Waals surface area (Å²) in [5.74, 6) is -2.53. The van der Waals surface area contributed by atoms with E-state index in [1.54, 1.807) is 0 Å². The minimum absolute atomic E-state index is 0.196. The van der Waals surface area contributed by atoms with Gasteiger partial charge in [-0.2, -0.15) is 13.2 Å². The van der Waals surface area contributed by atoms with E-state index < -0.39 is 72.0 Å². The number of alkyl halides is 3. The lowest BCUT2D eigenvalue weighted by Gasteiger charge is -2.24. The fourth-order valence-electron chi connectivity index (χ4n) is 2.79. The number of nitrogens with one attached hydrogen (secondary N) is 1. The monoisotopic (exact) mass is 438 g/mol. The maximum absolute atomic E-state index is 13.1. The Balaban J connectivity index is 2.56. The van der Waals surface area contributed by atoms with Crippen molar-refractivity contribution in [2.24, 2.45) is 0 Å². The number of H-pyrrole nitrogens is 1. The van der Waals surface area contributed by atoms with Crippen LogP contribution in [-0.2, 0) is 39.5 Å². The van der Waals surface area contributed by atoms with E-state index in [9.17, 15) is 37.1 Å². The molecule has 1 N–H and O–H groups in total. The fourth-order valence-corrected chi connectivity index (χ4v) is 2.79. The van der Waals surface area contributed by atoms with Gasteiger partial charge in [-0.25, -0.2) is 4.79 Å². The summed E-state index contributed by atoms with van der Waals surface area (Å²) in [6.45, 7) is 2.53. The van der Waals surface area contributed by atoms with Gasteiger partial charge < -0.3 is 18.9 Å². The van der Waals surface area contributed by atoms with Crippen molar-refractivity contribution in [3.05, 3.63) is 32.6 Å². The van der Waals surface area contributed by atoms with Crippen molar-refractivity contribution in [1.29, 1.82) is 0 Å². The summed E-state index contributed by atoms with van der Waals surface area (Å²) in [7, 11) is 0.